The number of nitro benzene ring substituents is 1. The topological polar surface area (TPSA) is 93.7 Å². The van der Waals surface area contributed by atoms with E-state index in [-0.39, 0.29) is 11.7 Å². The Morgan fingerprint density at radius 2 is 1.70 bits per heavy atom. The standard InChI is InChI=1S/C31H24N4O4S/c1-20-8-2-5-12-26(20)38-22-15-13-21(14-16-22)34-30(29(33-31(34)40)24-10-6-7-19-32-24)28-18-17-27(39-28)23-9-3-4-11-25(23)35(36)37/h2-19,29-30H,1H3,(H,33,40)/t29-,30-/m0/s1. The van der Waals surface area contributed by atoms with Crippen LogP contribution in [0.15, 0.2) is 114 Å². The molecule has 1 N–H and O–H groups in total. The molecule has 2 aromatic heterocycles. The van der Waals surface area contributed by atoms with Crippen molar-refractivity contribution in [2.24, 2.45) is 0 Å². The highest BCUT2D eigenvalue weighted by molar-refractivity contribution is 7.80. The van der Waals surface area contributed by atoms with Gasteiger partial charge in [-0.15, -0.1) is 0 Å². The number of furan rings is 1. The Morgan fingerprint density at radius 3 is 2.45 bits per heavy atom. The molecule has 9 heteroatoms. The first-order chi connectivity index (χ1) is 19.5. The van der Waals surface area contributed by atoms with Gasteiger partial charge < -0.3 is 19.4 Å². The summed E-state index contributed by atoms with van der Waals surface area (Å²) in [6, 6.07) is 30.7. The fourth-order valence-electron chi connectivity index (χ4n) is 4.89. The van der Waals surface area contributed by atoms with Crippen LogP contribution < -0.4 is 15.0 Å². The summed E-state index contributed by atoms with van der Waals surface area (Å²) in [7, 11) is 0. The second-order valence-electron chi connectivity index (χ2n) is 9.33. The van der Waals surface area contributed by atoms with E-state index in [0.717, 1.165) is 22.7 Å². The van der Waals surface area contributed by atoms with Gasteiger partial charge in [0.15, 0.2) is 5.11 Å². The number of thiocarbonyl (C=S) groups is 1. The number of nitro groups is 1. The van der Waals surface area contributed by atoms with Gasteiger partial charge in [-0.1, -0.05) is 36.4 Å². The lowest BCUT2D eigenvalue weighted by molar-refractivity contribution is -0.384. The molecular weight excluding hydrogens is 524 g/mol. The molecule has 0 bridgehead atoms. The predicted octanol–water partition coefficient (Wildman–Crippen LogP) is 7.53. The molecule has 6 rings (SSSR count). The van der Waals surface area contributed by atoms with E-state index in [9.17, 15) is 10.1 Å². The van der Waals surface area contributed by atoms with Gasteiger partial charge in [0.05, 0.1) is 22.2 Å². The van der Waals surface area contributed by atoms with Crippen molar-refractivity contribution in [1.29, 1.82) is 0 Å². The van der Waals surface area contributed by atoms with E-state index in [0.29, 0.717) is 27.9 Å². The van der Waals surface area contributed by atoms with E-state index < -0.39 is 11.0 Å². The van der Waals surface area contributed by atoms with Gasteiger partial charge in [0.2, 0.25) is 0 Å². The zero-order valence-electron chi connectivity index (χ0n) is 21.4. The maximum absolute atomic E-state index is 11.6. The number of nitrogens with one attached hydrogen (secondary N) is 1. The third kappa shape index (κ3) is 4.78. The summed E-state index contributed by atoms with van der Waals surface area (Å²) in [5.74, 6) is 2.49. The van der Waals surface area contributed by atoms with Crippen molar-refractivity contribution in [2.75, 3.05) is 4.90 Å². The summed E-state index contributed by atoms with van der Waals surface area (Å²) in [5.41, 5.74) is 3.06. The van der Waals surface area contributed by atoms with Crippen LogP contribution in [0.2, 0.25) is 0 Å². The van der Waals surface area contributed by atoms with Crippen LogP contribution in [0.5, 0.6) is 11.5 Å². The fourth-order valence-corrected chi connectivity index (χ4v) is 5.24. The summed E-state index contributed by atoms with van der Waals surface area (Å²) < 4.78 is 12.4. The normalized spacial score (nSPS) is 16.5. The Morgan fingerprint density at radius 1 is 0.950 bits per heavy atom. The molecule has 2 atom stereocenters. The number of aryl methyl sites for hydroxylation is 1. The Labute approximate surface area is 236 Å². The van der Waals surface area contributed by atoms with E-state index in [1.54, 1.807) is 30.5 Å². The van der Waals surface area contributed by atoms with Crippen LogP contribution in [0.1, 0.15) is 29.1 Å². The molecule has 198 valence electrons. The second-order valence-corrected chi connectivity index (χ2v) is 9.72. The fraction of sp³-hybridized carbons (Fsp3) is 0.0968. The molecule has 0 amide bonds. The molecule has 8 nitrogen and oxygen atoms in total. The second kappa shape index (κ2) is 10.6. The van der Waals surface area contributed by atoms with Crippen LogP contribution in [0.4, 0.5) is 11.4 Å². The number of anilines is 1. The minimum atomic E-state index is -0.409. The van der Waals surface area contributed by atoms with E-state index in [4.69, 9.17) is 21.4 Å². The number of pyridine rings is 1. The average Bonchev–Trinajstić information content (AvgIpc) is 3.60. The predicted molar refractivity (Wildman–Crippen MR) is 156 cm³/mol. The van der Waals surface area contributed by atoms with E-state index in [1.165, 1.54) is 6.07 Å². The van der Waals surface area contributed by atoms with Crippen LogP contribution >= 0.6 is 12.2 Å². The minimum Gasteiger partial charge on any atom is -0.459 e. The van der Waals surface area contributed by atoms with Crippen LogP contribution in [-0.2, 0) is 0 Å². The SMILES string of the molecule is Cc1ccccc1Oc1ccc(N2C(=S)N[C@@H](c3ccccn3)[C@@H]2c2ccc(-c3ccccc3[N+](=O)[O-])o2)cc1. The zero-order chi connectivity index (χ0) is 27.6. The molecule has 1 saturated heterocycles. The maximum atomic E-state index is 11.6. The number of hydrogen-bond acceptors (Lipinski definition) is 6. The number of nitrogens with zero attached hydrogens (tertiary/aromatic N) is 3. The van der Waals surface area contributed by atoms with E-state index >= 15 is 0 Å². The molecule has 3 heterocycles. The number of ether oxygens (including phenoxy) is 1. The van der Waals surface area contributed by atoms with Gasteiger partial charge in [-0.2, -0.15) is 0 Å². The van der Waals surface area contributed by atoms with Crippen LogP contribution in [0.3, 0.4) is 0 Å². The quantitative estimate of drug-likeness (QED) is 0.127. The molecule has 3 aromatic carbocycles. The highest BCUT2D eigenvalue weighted by atomic mass is 32.1. The summed E-state index contributed by atoms with van der Waals surface area (Å²) in [6.45, 7) is 2.00. The largest absolute Gasteiger partial charge is 0.459 e. The van der Waals surface area contributed by atoms with E-state index in [1.807, 2.05) is 84.6 Å². The Balaban J connectivity index is 1.37. The summed E-state index contributed by atoms with van der Waals surface area (Å²) >= 11 is 5.81. The molecule has 0 unspecified atom stereocenters. The van der Waals surface area contributed by atoms with Gasteiger partial charge >= 0.3 is 0 Å². The molecule has 1 aliphatic rings. The Bertz CT molecular complexity index is 1690. The van der Waals surface area contributed by atoms with Crippen molar-refractivity contribution < 1.29 is 14.1 Å². The van der Waals surface area contributed by atoms with Crippen LogP contribution in [0.25, 0.3) is 11.3 Å². The molecule has 0 saturated carbocycles. The number of rotatable bonds is 7. The molecule has 0 radical (unpaired) electrons. The summed E-state index contributed by atoms with van der Waals surface area (Å²) in [5, 5.41) is 15.6. The van der Waals surface area contributed by atoms with Crippen molar-refractivity contribution in [1.82, 2.24) is 10.3 Å². The molecule has 5 aromatic rings. The van der Waals surface area contributed by atoms with Crippen molar-refractivity contribution in [3.63, 3.8) is 0 Å². The maximum Gasteiger partial charge on any atom is 0.280 e. The highest BCUT2D eigenvalue weighted by Gasteiger charge is 2.42. The first-order valence-corrected chi connectivity index (χ1v) is 13.1. The van der Waals surface area contributed by atoms with Gasteiger partial charge in [-0.05, 0) is 85.4 Å². The van der Waals surface area contributed by atoms with Crippen molar-refractivity contribution in [3.8, 4) is 22.8 Å². The van der Waals surface area contributed by atoms with E-state index in [2.05, 4.69) is 10.3 Å². The third-order valence-corrected chi connectivity index (χ3v) is 7.13. The van der Waals surface area contributed by atoms with Gasteiger partial charge in [0.25, 0.3) is 5.69 Å². The number of hydrogen-bond donors (Lipinski definition) is 1. The first kappa shape index (κ1) is 25.3. The van der Waals surface area contributed by atoms with Crippen molar-refractivity contribution >= 4 is 28.7 Å². The van der Waals surface area contributed by atoms with Crippen LogP contribution in [0, 0.1) is 17.0 Å². The molecule has 1 fully saturated rings. The molecular formula is C31H24N4O4S. The van der Waals surface area contributed by atoms with Gasteiger partial charge in [-0.3, -0.25) is 15.1 Å². The van der Waals surface area contributed by atoms with Crippen LogP contribution in [-0.4, -0.2) is 15.0 Å². The Kier molecular flexibility index (Phi) is 6.71. The lowest BCUT2D eigenvalue weighted by Gasteiger charge is -2.26. The lowest BCUT2D eigenvalue weighted by Crippen LogP contribution is -2.29. The van der Waals surface area contributed by atoms with Gasteiger partial charge in [-0.25, -0.2) is 0 Å². The smallest absolute Gasteiger partial charge is 0.280 e. The number of aromatic nitrogens is 1. The highest BCUT2D eigenvalue weighted by Crippen LogP contribution is 2.44. The molecule has 0 spiro atoms. The average molecular weight is 549 g/mol. The Hall–Kier alpha value is -5.02. The van der Waals surface area contributed by atoms with Gasteiger partial charge in [0.1, 0.15) is 29.1 Å². The zero-order valence-corrected chi connectivity index (χ0v) is 22.2. The number of para-hydroxylation sites is 2. The lowest BCUT2D eigenvalue weighted by atomic mass is 10.0. The summed E-state index contributed by atoms with van der Waals surface area (Å²) in [6.07, 6.45) is 1.73. The monoisotopic (exact) mass is 548 g/mol. The molecule has 1 aliphatic heterocycles. The minimum absolute atomic E-state index is 0.0224. The summed E-state index contributed by atoms with van der Waals surface area (Å²) in [4.78, 5) is 17.8. The third-order valence-electron chi connectivity index (χ3n) is 6.82. The first-order valence-electron chi connectivity index (χ1n) is 12.7. The van der Waals surface area contributed by atoms with Crippen molar-refractivity contribution in [3.05, 3.63) is 136 Å². The molecule has 0 aliphatic carbocycles. The van der Waals surface area contributed by atoms with Crippen molar-refractivity contribution in [2.45, 2.75) is 19.0 Å². The number of benzene rings is 3. The molecule has 40 heavy (non-hydrogen) atoms. The van der Waals surface area contributed by atoms with Gasteiger partial charge in [0, 0.05) is 18.0 Å².